The second-order valence-electron chi connectivity index (χ2n) is 14.0. The van der Waals surface area contributed by atoms with E-state index < -0.39 is 83.8 Å². The maximum Gasteiger partial charge on any atom is 0.329 e. The van der Waals surface area contributed by atoms with Crippen LogP contribution in [0.3, 0.4) is 0 Å². The van der Waals surface area contributed by atoms with Gasteiger partial charge in [0.1, 0.15) is 24.2 Å². The summed E-state index contributed by atoms with van der Waals surface area (Å²) in [6, 6.07) is -4.33. The van der Waals surface area contributed by atoms with Gasteiger partial charge in [0.2, 0.25) is 11.8 Å². The number of rotatable bonds is 8. The van der Waals surface area contributed by atoms with E-state index in [-0.39, 0.29) is 36.5 Å². The second-order valence-corrected chi connectivity index (χ2v) is 14.0. The summed E-state index contributed by atoms with van der Waals surface area (Å²) in [5, 5.41) is 10.8. The van der Waals surface area contributed by atoms with E-state index in [2.05, 4.69) is 21.3 Å². The first-order valence-electron chi connectivity index (χ1n) is 15.9. The fourth-order valence-electron chi connectivity index (χ4n) is 4.83. The fraction of sp³-hybridized carbons (Fsp3) is 0.812. The van der Waals surface area contributed by atoms with E-state index in [0.29, 0.717) is 0 Å². The van der Waals surface area contributed by atoms with Gasteiger partial charge in [-0.2, -0.15) is 0 Å². The number of carbonyl (C=O) groups excluding carboxylic acids is 6. The molecule has 44 heavy (non-hydrogen) atoms. The van der Waals surface area contributed by atoms with Crippen molar-refractivity contribution in [3.8, 4) is 0 Å². The molecular formula is C32H56N4O8. The van der Waals surface area contributed by atoms with Crippen molar-refractivity contribution < 1.29 is 38.2 Å². The average molecular weight is 625 g/mol. The minimum atomic E-state index is -1.26. The minimum absolute atomic E-state index is 0.0262. The van der Waals surface area contributed by atoms with Crippen molar-refractivity contribution in [3.63, 3.8) is 0 Å². The number of amides is 4. The molecule has 1 rings (SSSR count). The van der Waals surface area contributed by atoms with Crippen molar-refractivity contribution in [2.45, 2.75) is 132 Å². The zero-order valence-corrected chi connectivity index (χ0v) is 28.6. The zero-order chi connectivity index (χ0) is 34.0. The summed E-state index contributed by atoms with van der Waals surface area (Å²) in [7, 11) is 0. The number of nitrogens with one attached hydrogen (secondary N) is 4. The predicted octanol–water partition coefficient (Wildman–Crippen LogP) is 2.48. The van der Waals surface area contributed by atoms with Crippen molar-refractivity contribution in [2.24, 2.45) is 35.5 Å². The number of hydrogen-bond acceptors (Lipinski definition) is 8. The Labute approximate surface area is 262 Å². The lowest BCUT2D eigenvalue weighted by Gasteiger charge is -2.31. The van der Waals surface area contributed by atoms with Gasteiger partial charge in [-0.15, -0.1) is 0 Å². The third-order valence-electron chi connectivity index (χ3n) is 7.32. The molecule has 1 heterocycles. The molecule has 4 amide bonds. The summed E-state index contributed by atoms with van der Waals surface area (Å²) >= 11 is 0. The van der Waals surface area contributed by atoms with E-state index in [1.54, 1.807) is 55.4 Å². The standard InChI is InChI=1S/C32H56N4O8/c1-15(2)13-21-31(41)43-25(19(9)10)29(39)36-24(18(7)8)28(38)34-22(14-16(3)4)32(42)44-26(20(11)12)30(40)35-23(17(5)6)27(37)33-21/h15-26H,13-14H2,1-12H3,(H,33,37)(H,34,38)(H,35,40)(H,36,39)/t21-,22+,23-,24+,25-,26+. The quantitative estimate of drug-likeness (QED) is 0.299. The lowest BCUT2D eigenvalue weighted by molar-refractivity contribution is -0.164. The number of ether oxygens (including phenoxy) is 2. The van der Waals surface area contributed by atoms with Gasteiger partial charge in [-0.25, -0.2) is 9.59 Å². The Morgan fingerprint density at radius 1 is 0.455 bits per heavy atom. The van der Waals surface area contributed by atoms with Crippen LogP contribution >= 0.6 is 0 Å². The summed E-state index contributed by atoms with van der Waals surface area (Å²) in [4.78, 5) is 80.9. The fourth-order valence-corrected chi connectivity index (χ4v) is 4.83. The van der Waals surface area contributed by atoms with Crippen molar-refractivity contribution in [1.29, 1.82) is 0 Å². The van der Waals surface area contributed by atoms with Crippen molar-refractivity contribution in [2.75, 3.05) is 0 Å². The summed E-state index contributed by atoms with van der Waals surface area (Å²) in [5.74, 6) is -5.92. The van der Waals surface area contributed by atoms with Gasteiger partial charge in [0.25, 0.3) is 11.8 Å². The van der Waals surface area contributed by atoms with Crippen LogP contribution in [0, 0.1) is 35.5 Å². The first-order chi connectivity index (χ1) is 20.3. The van der Waals surface area contributed by atoms with Gasteiger partial charge >= 0.3 is 11.9 Å². The Balaban J connectivity index is 3.71. The lowest BCUT2D eigenvalue weighted by Crippen LogP contribution is -2.59. The molecule has 0 aromatic rings. The summed E-state index contributed by atoms with van der Waals surface area (Å²) in [6.45, 7) is 21.3. The molecule has 1 saturated heterocycles. The molecule has 0 saturated carbocycles. The Morgan fingerprint density at radius 2 is 0.750 bits per heavy atom. The SMILES string of the molecule is CC(C)C[C@@H]1NC(=O)[C@H](C(C)C)NC(=O)[C@@H](C(C)C)OC(=O)[C@@H](CC(C)C)NC(=O)[C@@H](C(C)C)NC(=O)[C@H](C(C)C)OC1=O. The summed E-state index contributed by atoms with van der Waals surface area (Å²) in [5.41, 5.74) is 0. The van der Waals surface area contributed by atoms with Crippen LogP contribution in [0.15, 0.2) is 0 Å². The van der Waals surface area contributed by atoms with E-state index >= 15 is 0 Å². The number of cyclic esters (lactones) is 2. The first-order valence-corrected chi connectivity index (χ1v) is 15.9. The minimum Gasteiger partial charge on any atom is -0.450 e. The maximum atomic E-state index is 13.5. The van der Waals surface area contributed by atoms with Crippen LogP contribution in [-0.4, -0.2) is 71.9 Å². The highest BCUT2D eigenvalue weighted by Crippen LogP contribution is 2.17. The van der Waals surface area contributed by atoms with Crippen LogP contribution in [0.4, 0.5) is 0 Å². The second kappa shape index (κ2) is 17.3. The highest BCUT2D eigenvalue weighted by molar-refractivity contribution is 5.95. The van der Waals surface area contributed by atoms with Gasteiger partial charge in [0, 0.05) is 0 Å². The van der Waals surface area contributed by atoms with E-state index in [4.69, 9.17) is 9.47 Å². The average Bonchev–Trinajstić information content (AvgIpc) is 2.88. The van der Waals surface area contributed by atoms with Crippen LogP contribution in [0.5, 0.6) is 0 Å². The Hall–Kier alpha value is -3.18. The molecule has 1 aliphatic heterocycles. The third kappa shape index (κ3) is 11.7. The zero-order valence-electron chi connectivity index (χ0n) is 28.6. The Morgan fingerprint density at radius 3 is 0.977 bits per heavy atom. The van der Waals surface area contributed by atoms with Gasteiger partial charge in [-0.1, -0.05) is 83.1 Å². The van der Waals surface area contributed by atoms with E-state index in [1.165, 1.54) is 0 Å². The molecule has 0 spiro atoms. The van der Waals surface area contributed by atoms with E-state index in [1.807, 2.05) is 27.7 Å². The molecule has 0 aromatic carbocycles. The van der Waals surface area contributed by atoms with Crippen molar-refractivity contribution >= 4 is 35.6 Å². The Kier molecular flexibility index (Phi) is 15.3. The van der Waals surface area contributed by atoms with Crippen LogP contribution in [0.1, 0.15) is 95.9 Å². The largest absolute Gasteiger partial charge is 0.450 e. The lowest BCUT2D eigenvalue weighted by atomic mass is 9.98. The topological polar surface area (TPSA) is 169 Å². The molecule has 12 heteroatoms. The van der Waals surface area contributed by atoms with E-state index in [0.717, 1.165) is 0 Å². The number of carbonyl (C=O) groups is 6. The number of hydrogen-bond donors (Lipinski definition) is 4. The molecule has 1 fully saturated rings. The molecule has 0 aliphatic carbocycles. The summed E-state index contributed by atoms with van der Waals surface area (Å²) in [6.07, 6.45) is -2.08. The molecule has 4 N–H and O–H groups in total. The Bertz CT molecular complexity index is 932. The molecule has 6 atom stereocenters. The molecule has 252 valence electrons. The van der Waals surface area contributed by atoms with Crippen molar-refractivity contribution in [1.82, 2.24) is 21.3 Å². The monoisotopic (exact) mass is 624 g/mol. The van der Waals surface area contributed by atoms with Crippen molar-refractivity contribution in [3.05, 3.63) is 0 Å². The molecule has 12 nitrogen and oxygen atoms in total. The van der Waals surface area contributed by atoms with Crippen LogP contribution in [0.2, 0.25) is 0 Å². The summed E-state index contributed by atoms with van der Waals surface area (Å²) < 4.78 is 11.4. The van der Waals surface area contributed by atoms with Crippen LogP contribution < -0.4 is 21.3 Å². The van der Waals surface area contributed by atoms with Gasteiger partial charge in [0.15, 0.2) is 12.2 Å². The van der Waals surface area contributed by atoms with Crippen LogP contribution in [0.25, 0.3) is 0 Å². The molecule has 0 aromatic heterocycles. The normalized spacial score (nSPS) is 27.1. The van der Waals surface area contributed by atoms with E-state index in [9.17, 15) is 28.8 Å². The van der Waals surface area contributed by atoms with Gasteiger partial charge in [-0.05, 0) is 48.3 Å². The van der Waals surface area contributed by atoms with Gasteiger partial charge in [0.05, 0.1) is 0 Å². The molecule has 0 bridgehead atoms. The first kappa shape index (κ1) is 38.8. The maximum absolute atomic E-state index is 13.5. The smallest absolute Gasteiger partial charge is 0.329 e. The highest BCUT2D eigenvalue weighted by Gasteiger charge is 2.39. The number of esters is 2. The van der Waals surface area contributed by atoms with Crippen LogP contribution in [-0.2, 0) is 38.2 Å². The highest BCUT2D eigenvalue weighted by atomic mass is 16.6. The molecular weight excluding hydrogens is 568 g/mol. The third-order valence-corrected chi connectivity index (χ3v) is 7.32. The van der Waals surface area contributed by atoms with Gasteiger partial charge in [-0.3, -0.25) is 19.2 Å². The van der Waals surface area contributed by atoms with Gasteiger partial charge < -0.3 is 30.7 Å². The molecule has 1 aliphatic rings. The molecule has 0 unspecified atom stereocenters. The predicted molar refractivity (Wildman–Crippen MR) is 166 cm³/mol. The molecule has 0 radical (unpaired) electrons.